The number of hydrogen-bond donors (Lipinski definition) is 2. The number of urea groups is 1. The van der Waals surface area contributed by atoms with Crippen molar-refractivity contribution in [1.82, 2.24) is 5.32 Å². The molecule has 0 heterocycles. The van der Waals surface area contributed by atoms with Gasteiger partial charge >= 0.3 is 6.03 Å². The van der Waals surface area contributed by atoms with Crippen molar-refractivity contribution >= 4 is 34.9 Å². The molecule has 4 nitrogen and oxygen atoms in total. The van der Waals surface area contributed by atoms with Gasteiger partial charge in [-0.25, -0.2) is 13.6 Å². The fraction of sp³-hybridized carbons (Fsp3) is 0.133. The molecule has 2 aromatic rings. The largest absolute Gasteiger partial charge is 0.492 e. The van der Waals surface area contributed by atoms with Gasteiger partial charge in [-0.2, -0.15) is 0 Å². The van der Waals surface area contributed by atoms with E-state index in [-0.39, 0.29) is 18.9 Å². The molecule has 0 unspecified atom stereocenters. The highest BCUT2D eigenvalue weighted by molar-refractivity contribution is 6.35. The molecule has 0 atom stereocenters. The van der Waals surface area contributed by atoms with Crippen molar-refractivity contribution in [3.8, 4) is 5.75 Å². The van der Waals surface area contributed by atoms with Crippen molar-refractivity contribution in [3.63, 3.8) is 0 Å². The van der Waals surface area contributed by atoms with E-state index in [1.165, 1.54) is 6.07 Å². The van der Waals surface area contributed by atoms with Gasteiger partial charge < -0.3 is 15.4 Å². The topological polar surface area (TPSA) is 50.4 Å². The molecule has 0 aromatic heterocycles. The van der Waals surface area contributed by atoms with Crippen LogP contribution in [0.1, 0.15) is 0 Å². The lowest BCUT2D eigenvalue weighted by Gasteiger charge is -2.10. The van der Waals surface area contributed by atoms with Gasteiger partial charge in [0.05, 0.1) is 6.54 Å². The molecule has 23 heavy (non-hydrogen) atoms. The second-order valence-electron chi connectivity index (χ2n) is 4.46. The molecule has 0 aliphatic heterocycles. The van der Waals surface area contributed by atoms with Crippen LogP contribution in [0.25, 0.3) is 0 Å². The summed E-state index contributed by atoms with van der Waals surface area (Å²) in [5.74, 6) is -1.77. The second kappa shape index (κ2) is 7.99. The van der Waals surface area contributed by atoms with Gasteiger partial charge in [-0.3, -0.25) is 0 Å². The van der Waals surface area contributed by atoms with Gasteiger partial charge in [0.15, 0.2) is 11.6 Å². The van der Waals surface area contributed by atoms with Crippen molar-refractivity contribution in [1.29, 1.82) is 0 Å². The van der Waals surface area contributed by atoms with Gasteiger partial charge in [-0.05, 0) is 30.3 Å². The highest BCUT2D eigenvalue weighted by atomic mass is 35.5. The molecule has 8 heteroatoms. The van der Waals surface area contributed by atoms with E-state index < -0.39 is 17.7 Å². The number of benzene rings is 2. The van der Waals surface area contributed by atoms with Gasteiger partial charge in [0.25, 0.3) is 0 Å². The molecule has 2 rings (SSSR count). The Hall–Kier alpha value is -2.05. The third-order valence-corrected chi connectivity index (χ3v) is 3.10. The predicted molar refractivity (Wildman–Crippen MR) is 85.3 cm³/mol. The van der Waals surface area contributed by atoms with Crippen LogP contribution in [0, 0.1) is 11.6 Å². The summed E-state index contributed by atoms with van der Waals surface area (Å²) < 4.78 is 30.9. The maximum atomic E-state index is 13.0. The molecular formula is C15H12Cl2F2N2O2. The van der Waals surface area contributed by atoms with Gasteiger partial charge in [0.1, 0.15) is 12.4 Å². The fourth-order valence-corrected chi connectivity index (χ4v) is 2.23. The molecule has 2 aromatic carbocycles. The first kappa shape index (κ1) is 17.3. The Balaban J connectivity index is 1.75. The Morgan fingerprint density at radius 1 is 1.04 bits per heavy atom. The zero-order valence-electron chi connectivity index (χ0n) is 11.7. The van der Waals surface area contributed by atoms with Gasteiger partial charge in [0, 0.05) is 21.8 Å². The molecule has 2 amide bonds. The molecule has 0 saturated carbocycles. The van der Waals surface area contributed by atoms with E-state index in [0.29, 0.717) is 15.7 Å². The van der Waals surface area contributed by atoms with Gasteiger partial charge in [-0.1, -0.05) is 23.2 Å². The highest BCUT2D eigenvalue weighted by Gasteiger charge is 2.05. The Bertz CT molecular complexity index is 694. The number of ether oxygens (including phenoxy) is 1. The third kappa shape index (κ3) is 5.58. The van der Waals surface area contributed by atoms with E-state index in [0.717, 1.165) is 12.1 Å². The van der Waals surface area contributed by atoms with Crippen LogP contribution in [0.5, 0.6) is 5.75 Å². The van der Waals surface area contributed by atoms with Crippen LogP contribution in [0.15, 0.2) is 36.4 Å². The Labute approximate surface area is 141 Å². The van der Waals surface area contributed by atoms with Gasteiger partial charge in [-0.15, -0.1) is 0 Å². The van der Waals surface area contributed by atoms with E-state index in [1.54, 1.807) is 18.2 Å². The predicted octanol–water partition coefficient (Wildman–Crippen LogP) is 4.47. The average Bonchev–Trinajstić information content (AvgIpc) is 2.46. The van der Waals surface area contributed by atoms with Crippen LogP contribution in [-0.4, -0.2) is 19.2 Å². The SMILES string of the molecule is O=C(NCCOc1ccc(F)c(F)c1)Nc1cc(Cl)cc(Cl)c1. The monoisotopic (exact) mass is 360 g/mol. The first-order valence-electron chi connectivity index (χ1n) is 6.53. The summed E-state index contributed by atoms with van der Waals surface area (Å²) >= 11 is 11.6. The fourth-order valence-electron chi connectivity index (χ4n) is 1.70. The Morgan fingerprint density at radius 3 is 2.39 bits per heavy atom. The molecule has 0 saturated heterocycles. The molecule has 122 valence electrons. The summed E-state index contributed by atoms with van der Waals surface area (Å²) in [6.45, 7) is 0.258. The Kier molecular flexibility index (Phi) is 6.01. The summed E-state index contributed by atoms with van der Waals surface area (Å²) in [4.78, 5) is 11.7. The number of nitrogens with one attached hydrogen (secondary N) is 2. The standard InChI is InChI=1S/C15H12Cl2F2N2O2/c16-9-5-10(17)7-11(6-9)21-15(22)20-3-4-23-12-1-2-13(18)14(19)8-12/h1-2,5-8H,3-4H2,(H2,20,21,22). The maximum absolute atomic E-state index is 13.0. The van der Waals surface area contributed by atoms with Crippen LogP contribution in [-0.2, 0) is 0 Å². The van der Waals surface area contributed by atoms with E-state index >= 15 is 0 Å². The maximum Gasteiger partial charge on any atom is 0.319 e. The number of halogens is 4. The molecule has 0 bridgehead atoms. The second-order valence-corrected chi connectivity index (χ2v) is 5.34. The van der Waals surface area contributed by atoms with E-state index in [9.17, 15) is 13.6 Å². The zero-order valence-corrected chi connectivity index (χ0v) is 13.2. The smallest absolute Gasteiger partial charge is 0.319 e. The number of carbonyl (C=O) groups is 1. The van der Waals surface area contributed by atoms with Crippen molar-refractivity contribution < 1.29 is 18.3 Å². The van der Waals surface area contributed by atoms with Crippen molar-refractivity contribution in [2.24, 2.45) is 0 Å². The van der Waals surface area contributed by atoms with Crippen LogP contribution >= 0.6 is 23.2 Å². The first-order valence-corrected chi connectivity index (χ1v) is 7.28. The number of amides is 2. The molecule has 0 aliphatic carbocycles. The van der Waals surface area contributed by atoms with Crippen molar-refractivity contribution in [2.75, 3.05) is 18.5 Å². The van der Waals surface area contributed by atoms with Crippen LogP contribution in [0.2, 0.25) is 10.0 Å². The molecule has 0 radical (unpaired) electrons. The molecule has 0 fully saturated rings. The normalized spacial score (nSPS) is 10.3. The minimum Gasteiger partial charge on any atom is -0.492 e. The quantitative estimate of drug-likeness (QED) is 0.772. The lowest BCUT2D eigenvalue weighted by atomic mass is 10.3. The van der Waals surface area contributed by atoms with Crippen molar-refractivity contribution in [2.45, 2.75) is 0 Å². The molecule has 0 spiro atoms. The average molecular weight is 361 g/mol. The number of carbonyl (C=O) groups excluding carboxylic acids is 1. The number of anilines is 1. The first-order chi connectivity index (χ1) is 10.9. The van der Waals surface area contributed by atoms with Crippen LogP contribution in [0.4, 0.5) is 19.3 Å². The summed E-state index contributed by atoms with van der Waals surface area (Å²) in [7, 11) is 0. The summed E-state index contributed by atoms with van der Waals surface area (Å²) in [5.41, 5.74) is 0.446. The van der Waals surface area contributed by atoms with Gasteiger partial charge in [0.2, 0.25) is 0 Å². The molecule has 0 aliphatic rings. The number of rotatable bonds is 5. The molecule has 2 N–H and O–H groups in total. The summed E-state index contributed by atoms with van der Waals surface area (Å²) in [6, 6.07) is 7.36. The Morgan fingerprint density at radius 2 is 1.74 bits per heavy atom. The lowest BCUT2D eigenvalue weighted by Crippen LogP contribution is -2.32. The minimum atomic E-state index is -0.994. The van der Waals surface area contributed by atoms with Crippen LogP contribution in [0.3, 0.4) is 0 Å². The highest BCUT2D eigenvalue weighted by Crippen LogP contribution is 2.22. The van der Waals surface area contributed by atoms with Crippen molar-refractivity contribution in [3.05, 3.63) is 58.1 Å². The lowest BCUT2D eigenvalue weighted by molar-refractivity contribution is 0.247. The zero-order chi connectivity index (χ0) is 16.8. The van der Waals surface area contributed by atoms with E-state index in [1.807, 2.05) is 0 Å². The minimum absolute atomic E-state index is 0.0921. The molecular weight excluding hydrogens is 349 g/mol. The summed E-state index contributed by atoms with van der Waals surface area (Å²) in [5, 5.41) is 5.89. The number of hydrogen-bond acceptors (Lipinski definition) is 2. The van der Waals surface area contributed by atoms with E-state index in [4.69, 9.17) is 27.9 Å². The van der Waals surface area contributed by atoms with Crippen LogP contribution < -0.4 is 15.4 Å². The van der Waals surface area contributed by atoms with E-state index in [2.05, 4.69) is 10.6 Å². The summed E-state index contributed by atoms with van der Waals surface area (Å²) in [6.07, 6.45) is 0. The third-order valence-electron chi connectivity index (χ3n) is 2.67.